The van der Waals surface area contributed by atoms with E-state index in [1.165, 1.54) is 18.2 Å². The monoisotopic (exact) mass is 550 g/mol. The van der Waals surface area contributed by atoms with Crippen LogP contribution in [0.25, 0.3) is 11.4 Å². The number of carbonyl (C=O) groups is 2. The van der Waals surface area contributed by atoms with E-state index in [1.54, 1.807) is 11.8 Å². The van der Waals surface area contributed by atoms with Crippen molar-refractivity contribution in [2.45, 2.75) is 13.0 Å². The van der Waals surface area contributed by atoms with Crippen molar-refractivity contribution in [3.05, 3.63) is 119 Å². The van der Waals surface area contributed by atoms with Crippen LogP contribution in [0, 0.1) is 6.92 Å². The molecular weight excluding hydrogens is 516 g/mol. The highest BCUT2D eigenvalue weighted by molar-refractivity contribution is 6.05. The van der Waals surface area contributed by atoms with Crippen LogP contribution in [0.2, 0.25) is 0 Å². The molecule has 3 aromatic carbocycles. The molecule has 5 rings (SSSR count). The lowest BCUT2D eigenvalue weighted by Gasteiger charge is -2.39. The number of carbonyl (C=O) groups excluding carboxylic acids is 2. The first-order valence-corrected chi connectivity index (χ1v) is 13.8. The molecule has 2 heterocycles. The van der Waals surface area contributed by atoms with Crippen molar-refractivity contribution in [2.24, 2.45) is 0 Å². The second-order valence-electron chi connectivity index (χ2n) is 9.90. The molecule has 0 atom stereocenters. The predicted octanol–water partition coefficient (Wildman–Crippen LogP) is 4.80. The molecule has 1 aromatic heterocycles. The third kappa shape index (κ3) is 6.51. The van der Waals surface area contributed by atoms with Gasteiger partial charge in [0, 0.05) is 38.9 Å². The zero-order chi connectivity index (χ0) is 28.6. The van der Waals surface area contributed by atoms with Crippen LogP contribution in [-0.2, 0) is 9.47 Å². The fourth-order valence-corrected chi connectivity index (χ4v) is 5.20. The van der Waals surface area contributed by atoms with Crippen LogP contribution in [0.5, 0.6) is 0 Å². The van der Waals surface area contributed by atoms with Gasteiger partial charge in [0.2, 0.25) is 0 Å². The topological polar surface area (TPSA) is 84.9 Å². The molecule has 0 bridgehead atoms. The number of benzene rings is 3. The fraction of sp³-hybridized carbons (Fsp3) is 0.273. The molecule has 0 spiro atoms. The Balaban J connectivity index is 1.41. The third-order valence-electron chi connectivity index (χ3n) is 7.25. The number of amides is 1. The number of ether oxygens (including phenoxy) is 2. The zero-order valence-electron chi connectivity index (χ0n) is 23.4. The van der Waals surface area contributed by atoms with Crippen molar-refractivity contribution in [1.82, 2.24) is 19.8 Å². The minimum Gasteiger partial charge on any atom is -0.460 e. The van der Waals surface area contributed by atoms with Crippen LogP contribution in [0.4, 0.5) is 0 Å². The maximum absolute atomic E-state index is 14.0. The van der Waals surface area contributed by atoms with E-state index >= 15 is 0 Å². The molecule has 1 aliphatic heterocycles. The number of piperazine rings is 1. The average Bonchev–Trinajstić information content (AvgIpc) is 3.02. The Labute approximate surface area is 240 Å². The van der Waals surface area contributed by atoms with Gasteiger partial charge >= 0.3 is 5.97 Å². The molecule has 0 N–H and O–H groups in total. The Kier molecular flexibility index (Phi) is 9.13. The Morgan fingerprint density at radius 2 is 1.34 bits per heavy atom. The van der Waals surface area contributed by atoms with Crippen LogP contribution in [0.1, 0.15) is 43.7 Å². The minimum absolute atomic E-state index is 0.0647. The average molecular weight is 551 g/mol. The second kappa shape index (κ2) is 13.3. The maximum atomic E-state index is 14.0. The highest BCUT2D eigenvalue weighted by Crippen LogP contribution is 2.30. The molecule has 1 fully saturated rings. The van der Waals surface area contributed by atoms with Crippen molar-refractivity contribution in [1.29, 1.82) is 0 Å². The van der Waals surface area contributed by atoms with Crippen molar-refractivity contribution in [2.75, 3.05) is 46.5 Å². The summed E-state index contributed by atoms with van der Waals surface area (Å²) in [6, 6.07) is 30.4. The number of hydrogen-bond donors (Lipinski definition) is 0. The first kappa shape index (κ1) is 28.1. The molecule has 1 saturated heterocycles. The summed E-state index contributed by atoms with van der Waals surface area (Å²) in [5.41, 5.74) is 3.74. The van der Waals surface area contributed by atoms with Gasteiger partial charge in [0.05, 0.1) is 18.3 Å². The number of hydrogen-bond acceptors (Lipinski definition) is 7. The van der Waals surface area contributed by atoms with Crippen LogP contribution in [0.15, 0.2) is 91.0 Å². The molecule has 0 saturated carbocycles. The Bertz CT molecular complexity index is 1420. The van der Waals surface area contributed by atoms with E-state index in [0.29, 0.717) is 37.7 Å². The molecule has 210 valence electrons. The van der Waals surface area contributed by atoms with Gasteiger partial charge in [-0.3, -0.25) is 9.69 Å². The van der Waals surface area contributed by atoms with E-state index in [2.05, 4.69) is 63.4 Å². The number of rotatable bonds is 9. The zero-order valence-corrected chi connectivity index (χ0v) is 23.4. The first-order chi connectivity index (χ1) is 20.1. The molecule has 0 radical (unpaired) electrons. The van der Waals surface area contributed by atoms with Gasteiger partial charge in [0.25, 0.3) is 5.91 Å². The second-order valence-corrected chi connectivity index (χ2v) is 9.90. The highest BCUT2D eigenvalue weighted by Gasteiger charge is 2.32. The van der Waals surface area contributed by atoms with Crippen molar-refractivity contribution < 1.29 is 19.1 Å². The number of aryl methyl sites for hydroxylation is 1. The summed E-state index contributed by atoms with van der Waals surface area (Å²) >= 11 is 0. The van der Waals surface area contributed by atoms with Gasteiger partial charge in [-0.1, -0.05) is 91.0 Å². The molecule has 4 aromatic rings. The summed E-state index contributed by atoms with van der Waals surface area (Å²) in [6.07, 6.45) is 0. The quantitative estimate of drug-likeness (QED) is 0.219. The number of methoxy groups -OCH3 is 1. The van der Waals surface area contributed by atoms with Gasteiger partial charge in [-0.2, -0.15) is 0 Å². The lowest BCUT2D eigenvalue weighted by Crippen LogP contribution is -2.50. The summed E-state index contributed by atoms with van der Waals surface area (Å²) in [5.74, 6) is -0.539. The molecule has 0 aliphatic carbocycles. The molecule has 41 heavy (non-hydrogen) atoms. The van der Waals surface area contributed by atoms with Crippen LogP contribution in [0.3, 0.4) is 0 Å². The molecule has 8 heteroatoms. The molecule has 1 aliphatic rings. The summed E-state index contributed by atoms with van der Waals surface area (Å²) in [6.45, 7) is 4.37. The number of aromatic nitrogens is 2. The van der Waals surface area contributed by atoms with Crippen molar-refractivity contribution >= 4 is 11.9 Å². The van der Waals surface area contributed by atoms with Crippen LogP contribution >= 0.6 is 0 Å². The summed E-state index contributed by atoms with van der Waals surface area (Å²) < 4.78 is 10.4. The normalized spacial score (nSPS) is 13.8. The molecule has 8 nitrogen and oxygen atoms in total. The molecular formula is C33H34N4O4. The van der Waals surface area contributed by atoms with Crippen molar-refractivity contribution in [3.8, 4) is 11.4 Å². The minimum atomic E-state index is -0.630. The molecule has 1 amide bonds. The standard InChI is InChI=1S/C33H34N4O4/c1-24-28(33(39)41-23-22-40-2)29(35-31(34-24)27-16-10-5-11-17-27)32(38)37-20-18-36(19-21-37)30(25-12-6-3-7-13-25)26-14-8-4-9-15-26/h3-17,30H,18-23H2,1-2H3. The third-order valence-corrected chi connectivity index (χ3v) is 7.25. The highest BCUT2D eigenvalue weighted by atomic mass is 16.6. The lowest BCUT2D eigenvalue weighted by atomic mass is 9.96. The lowest BCUT2D eigenvalue weighted by molar-refractivity contribution is 0.0378. The van der Waals surface area contributed by atoms with E-state index in [9.17, 15) is 9.59 Å². The van der Waals surface area contributed by atoms with E-state index in [-0.39, 0.29) is 36.4 Å². The van der Waals surface area contributed by atoms with E-state index in [4.69, 9.17) is 9.47 Å². The van der Waals surface area contributed by atoms with Gasteiger partial charge < -0.3 is 14.4 Å². The summed E-state index contributed by atoms with van der Waals surface area (Å²) in [7, 11) is 1.53. The van der Waals surface area contributed by atoms with Crippen molar-refractivity contribution in [3.63, 3.8) is 0 Å². The summed E-state index contributed by atoms with van der Waals surface area (Å²) in [5, 5.41) is 0. The van der Waals surface area contributed by atoms with Gasteiger partial charge in [0.1, 0.15) is 17.9 Å². The largest absolute Gasteiger partial charge is 0.460 e. The van der Waals surface area contributed by atoms with E-state index in [0.717, 1.165) is 5.56 Å². The fourth-order valence-electron chi connectivity index (χ4n) is 5.20. The smallest absolute Gasteiger partial charge is 0.342 e. The Morgan fingerprint density at radius 1 is 0.780 bits per heavy atom. The predicted molar refractivity (Wildman–Crippen MR) is 157 cm³/mol. The van der Waals surface area contributed by atoms with Gasteiger partial charge in [0.15, 0.2) is 5.82 Å². The maximum Gasteiger partial charge on any atom is 0.342 e. The van der Waals surface area contributed by atoms with E-state index in [1.807, 2.05) is 42.5 Å². The van der Waals surface area contributed by atoms with E-state index < -0.39 is 5.97 Å². The van der Waals surface area contributed by atoms with Gasteiger partial charge in [-0.15, -0.1) is 0 Å². The van der Waals surface area contributed by atoms with Gasteiger partial charge in [-0.25, -0.2) is 14.8 Å². The van der Waals surface area contributed by atoms with Crippen LogP contribution in [-0.4, -0.2) is 78.1 Å². The van der Waals surface area contributed by atoms with Gasteiger partial charge in [-0.05, 0) is 18.1 Å². The Hall–Kier alpha value is -4.40. The SMILES string of the molecule is COCCOC(=O)c1c(C)nc(-c2ccccc2)nc1C(=O)N1CCN(C(c2ccccc2)c2ccccc2)CC1. The number of esters is 1. The van der Waals surface area contributed by atoms with Crippen LogP contribution < -0.4 is 0 Å². The Morgan fingerprint density at radius 3 is 1.90 bits per heavy atom. The first-order valence-electron chi connectivity index (χ1n) is 13.8. The molecule has 0 unspecified atom stereocenters. The number of nitrogens with zero attached hydrogens (tertiary/aromatic N) is 4. The summed E-state index contributed by atoms with van der Waals surface area (Å²) in [4.78, 5) is 40.5.